The Labute approximate surface area is 88.2 Å². The largest absolute Gasteiger partial charge is 0.490 e. The molecule has 72 valence electrons. The maximum absolute atomic E-state index is 5.72. The molecule has 1 nitrogen and oxygen atoms in total. The molecule has 0 radical (unpaired) electrons. The zero-order valence-corrected chi connectivity index (χ0v) is 9.89. The van der Waals surface area contributed by atoms with E-state index < -0.39 is 0 Å². The molecule has 0 N–H and O–H groups in total. The standard InChI is InChI=1S/C11H15BrO/c1-4-9-6-5-7-10(12)11(9)13-8(2)3/h5-8H,4H2,1-3H3. The lowest BCUT2D eigenvalue weighted by molar-refractivity contribution is 0.238. The van der Waals surface area contributed by atoms with Crippen molar-refractivity contribution in [1.29, 1.82) is 0 Å². The minimum absolute atomic E-state index is 0.226. The van der Waals surface area contributed by atoms with Gasteiger partial charge in [-0.2, -0.15) is 0 Å². The molecule has 0 aliphatic heterocycles. The van der Waals surface area contributed by atoms with Crippen LogP contribution in [-0.4, -0.2) is 6.10 Å². The quantitative estimate of drug-likeness (QED) is 0.784. The van der Waals surface area contributed by atoms with E-state index in [0.717, 1.165) is 16.6 Å². The van der Waals surface area contributed by atoms with Crippen molar-refractivity contribution in [1.82, 2.24) is 0 Å². The van der Waals surface area contributed by atoms with Crippen LogP contribution in [0.15, 0.2) is 22.7 Å². The third-order valence-electron chi connectivity index (χ3n) is 1.78. The van der Waals surface area contributed by atoms with Gasteiger partial charge in [-0.1, -0.05) is 19.1 Å². The normalized spacial score (nSPS) is 10.5. The highest BCUT2D eigenvalue weighted by Gasteiger charge is 2.07. The summed E-state index contributed by atoms with van der Waals surface area (Å²) in [7, 11) is 0. The maximum atomic E-state index is 5.72. The first-order valence-corrected chi connectivity index (χ1v) is 5.38. The third-order valence-corrected chi connectivity index (χ3v) is 2.41. The highest BCUT2D eigenvalue weighted by atomic mass is 79.9. The minimum atomic E-state index is 0.226. The SMILES string of the molecule is CCc1cccc(Br)c1OC(C)C. The Morgan fingerprint density at radius 1 is 1.38 bits per heavy atom. The van der Waals surface area contributed by atoms with E-state index in [4.69, 9.17) is 4.74 Å². The van der Waals surface area contributed by atoms with Crippen molar-refractivity contribution in [2.75, 3.05) is 0 Å². The van der Waals surface area contributed by atoms with Gasteiger partial charge in [-0.05, 0) is 47.8 Å². The Morgan fingerprint density at radius 2 is 2.08 bits per heavy atom. The molecule has 0 heterocycles. The molecule has 0 saturated carbocycles. The van der Waals surface area contributed by atoms with E-state index in [1.54, 1.807) is 0 Å². The summed E-state index contributed by atoms with van der Waals surface area (Å²) < 4.78 is 6.76. The predicted molar refractivity (Wildman–Crippen MR) is 59.3 cm³/mol. The number of para-hydroxylation sites is 1. The molecule has 0 aliphatic rings. The summed E-state index contributed by atoms with van der Waals surface area (Å²) in [4.78, 5) is 0. The fourth-order valence-electron chi connectivity index (χ4n) is 1.20. The highest BCUT2D eigenvalue weighted by Crippen LogP contribution is 2.30. The zero-order valence-electron chi connectivity index (χ0n) is 8.30. The maximum Gasteiger partial charge on any atom is 0.137 e. The summed E-state index contributed by atoms with van der Waals surface area (Å²) in [5, 5.41) is 0. The molecule has 0 amide bonds. The fraction of sp³-hybridized carbons (Fsp3) is 0.455. The van der Waals surface area contributed by atoms with Gasteiger partial charge in [0, 0.05) is 0 Å². The van der Waals surface area contributed by atoms with Gasteiger partial charge >= 0.3 is 0 Å². The number of benzene rings is 1. The minimum Gasteiger partial charge on any atom is -0.490 e. The summed E-state index contributed by atoms with van der Waals surface area (Å²) in [6, 6.07) is 6.15. The Kier molecular flexibility index (Phi) is 3.79. The number of rotatable bonds is 3. The van der Waals surface area contributed by atoms with E-state index in [1.807, 2.05) is 26.0 Å². The molecule has 2 heteroatoms. The fourth-order valence-corrected chi connectivity index (χ4v) is 1.70. The molecule has 0 fully saturated rings. The van der Waals surface area contributed by atoms with Gasteiger partial charge in [-0.25, -0.2) is 0 Å². The molecule has 0 atom stereocenters. The summed E-state index contributed by atoms with van der Waals surface area (Å²) in [6.07, 6.45) is 1.23. The monoisotopic (exact) mass is 242 g/mol. The topological polar surface area (TPSA) is 9.23 Å². The van der Waals surface area contributed by atoms with Crippen LogP contribution in [0.2, 0.25) is 0 Å². The Balaban J connectivity index is 3.00. The van der Waals surface area contributed by atoms with Crippen LogP contribution in [0.4, 0.5) is 0 Å². The summed E-state index contributed by atoms with van der Waals surface area (Å²) in [5.74, 6) is 0.986. The summed E-state index contributed by atoms with van der Waals surface area (Å²) in [5.41, 5.74) is 1.25. The first-order valence-electron chi connectivity index (χ1n) is 4.59. The molecule has 1 aromatic carbocycles. The van der Waals surface area contributed by atoms with E-state index in [1.165, 1.54) is 5.56 Å². The van der Waals surface area contributed by atoms with Crippen molar-refractivity contribution in [3.05, 3.63) is 28.2 Å². The van der Waals surface area contributed by atoms with Gasteiger partial charge < -0.3 is 4.74 Å². The van der Waals surface area contributed by atoms with E-state index in [9.17, 15) is 0 Å². The van der Waals surface area contributed by atoms with Gasteiger partial charge in [-0.3, -0.25) is 0 Å². The first kappa shape index (κ1) is 10.6. The molecule has 0 aliphatic carbocycles. The van der Waals surface area contributed by atoms with Crippen molar-refractivity contribution in [2.24, 2.45) is 0 Å². The van der Waals surface area contributed by atoms with Crippen LogP contribution in [0.1, 0.15) is 26.3 Å². The molecule has 0 unspecified atom stereocenters. The number of hydrogen-bond acceptors (Lipinski definition) is 1. The molecular weight excluding hydrogens is 228 g/mol. The molecule has 1 rings (SSSR count). The molecule has 0 saturated heterocycles. The van der Waals surface area contributed by atoms with Gasteiger partial charge in [0.25, 0.3) is 0 Å². The van der Waals surface area contributed by atoms with Crippen molar-refractivity contribution in [3.8, 4) is 5.75 Å². The van der Waals surface area contributed by atoms with Crippen molar-refractivity contribution in [2.45, 2.75) is 33.3 Å². The summed E-state index contributed by atoms with van der Waals surface area (Å²) in [6.45, 7) is 6.22. The number of hydrogen-bond donors (Lipinski definition) is 0. The zero-order chi connectivity index (χ0) is 9.84. The van der Waals surface area contributed by atoms with Crippen LogP contribution in [-0.2, 0) is 6.42 Å². The van der Waals surface area contributed by atoms with E-state index in [-0.39, 0.29) is 6.10 Å². The van der Waals surface area contributed by atoms with Crippen LogP contribution in [0, 0.1) is 0 Å². The molecule has 0 aromatic heterocycles. The van der Waals surface area contributed by atoms with Crippen molar-refractivity contribution in [3.63, 3.8) is 0 Å². The lowest BCUT2D eigenvalue weighted by Gasteiger charge is -2.14. The third kappa shape index (κ3) is 2.73. The van der Waals surface area contributed by atoms with Crippen molar-refractivity contribution >= 4 is 15.9 Å². The van der Waals surface area contributed by atoms with Crippen LogP contribution in [0.5, 0.6) is 5.75 Å². The van der Waals surface area contributed by atoms with Crippen LogP contribution in [0.3, 0.4) is 0 Å². The van der Waals surface area contributed by atoms with Gasteiger partial charge in [-0.15, -0.1) is 0 Å². The van der Waals surface area contributed by atoms with E-state index in [2.05, 4.69) is 28.9 Å². The van der Waals surface area contributed by atoms with Gasteiger partial charge in [0.05, 0.1) is 10.6 Å². The van der Waals surface area contributed by atoms with E-state index in [0.29, 0.717) is 0 Å². The average Bonchev–Trinajstić information content (AvgIpc) is 2.08. The smallest absolute Gasteiger partial charge is 0.137 e. The molecule has 13 heavy (non-hydrogen) atoms. The second kappa shape index (κ2) is 4.66. The Bertz CT molecular complexity index is 281. The van der Waals surface area contributed by atoms with Crippen LogP contribution < -0.4 is 4.74 Å². The first-order chi connectivity index (χ1) is 6.15. The van der Waals surface area contributed by atoms with Gasteiger partial charge in [0.1, 0.15) is 5.75 Å². The van der Waals surface area contributed by atoms with Crippen LogP contribution >= 0.6 is 15.9 Å². The van der Waals surface area contributed by atoms with Crippen molar-refractivity contribution < 1.29 is 4.74 Å². The lowest BCUT2D eigenvalue weighted by Crippen LogP contribution is -2.07. The Hall–Kier alpha value is -0.500. The Morgan fingerprint density at radius 3 is 2.62 bits per heavy atom. The molecule has 1 aromatic rings. The van der Waals surface area contributed by atoms with E-state index >= 15 is 0 Å². The van der Waals surface area contributed by atoms with Gasteiger partial charge in [0.2, 0.25) is 0 Å². The van der Waals surface area contributed by atoms with Gasteiger partial charge in [0.15, 0.2) is 0 Å². The molecule has 0 bridgehead atoms. The lowest BCUT2D eigenvalue weighted by atomic mass is 10.1. The van der Waals surface area contributed by atoms with Crippen LogP contribution in [0.25, 0.3) is 0 Å². The molecular formula is C11H15BrO. The molecule has 0 spiro atoms. The number of ether oxygens (including phenoxy) is 1. The predicted octanol–water partition coefficient (Wildman–Crippen LogP) is 3.80. The highest BCUT2D eigenvalue weighted by molar-refractivity contribution is 9.10. The number of halogens is 1. The average molecular weight is 243 g/mol. The number of aryl methyl sites for hydroxylation is 1. The second-order valence-corrected chi connectivity index (χ2v) is 4.10. The second-order valence-electron chi connectivity index (χ2n) is 3.25. The summed E-state index contributed by atoms with van der Waals surface area (Å²) >= 11 is 3.49.